The standard InChI is InChI=1S/C23H18ClF3N4O3S/c1-13(8-19(33)18-10-14(29-12-30-18)4-2-3-7-32)22-28-11-20(35-22)21(34)31-15-5-6-17(24)16(9-15)23(25,26)27/h5-6,9-13,32H,3,7-8H2,1H3,(H,31,34). The van der Waals surface area contributed by atoms with E-state index in [4.69, 9.17) is 16.7 Å². The fraction of sp³-hybridized carbons (Fsp3) is 0.261. The van der Waals surface area contributed by atoms with E-state index in [9.17, 15) is 22.8 Å². The Balaban J connectivity index is 1.66. The van der Waals surface area contributed by atoms with Gasteiger partial charge in [0.05, 0.1) is 28.4 Å². The lowest BCUT2D eigenvalue weighted by molar-refractivity contribution is -0.137. The third-order valence-corrected chi connectivity index (χ3v) is 6.15. The lowest BCUT2D eigenvalue weighted by Crippen LogP contribution is -2.12. The summed E-state index contributed by atoms with van der Waals surface area (Å²) in [5, 5.41) is 11.2. The molecule has 1 unspecified atom stereocenters. The molecule has 1 atom stereocenters. The molecule has 0 bridgehead atoms. The molecular weight excluding hydrogens is 505 g/mol. The van der Waals surface area contributed by atoms with Crippen LogP contribution in [0.1, 0.15) is 62.1 Å². The summed E-state index contributed by atoms with van der Waals surface area (Å²) in [7, 11) is 0. The fourth-order valence-corrected chi connectivity index (χ4v) is 3.98. The monoisotopic (exact) mass is 522 g/mol. The highest BCUT2D eigenvalue weighted by atomic mass is 35.5. The molecule has 0 aliphatic rings. The number of rotatable bonds is 7. The second-order valence-corrected chi connectivity index (χ2v) is 8.77. The van der Waals surface area contributed by atoms with Gasteiger partial charge in [0.25, 0.3) is 5.91 Å². The number of carbonyl (C=O) groups is 2. The van der Waals surface area contributed by atoms with Crippen LogP contribution in [-0.4, -0.2) is 38.4 Å². The Morgan fingerprint density at radius 3 is 2.71 bits per heavy atom. The van der Waals surface area contributed by atoms with Crippen LogP contribution >= 0.6 is 22.9 Å². The maximum Gasteiger partial charge on any atom is 0.417 e. The van der Waals surface area contributed by atoms with Gasteiger partial charge >= 0.3 is 6.18 Å². The zero-order chi connectivity index (χ0) is 25.6. The number of thiazole rings is 1. The van der Waals surface area contributed by atoms with E-state index in [0.717, 1.165) is 23.5 Å². The molecule has 182 valence electrons. The van der Waals surface area contributed by atoms with Gasteiger partial charge in [-0.25, -0.2) is 15.0 Å². The van der Waals surface area contributed by atoms with Crippen LogP contribution in [0.3, 0.4) is 0 Å². The van der Waals surface area contributed by atoms with Crippen molar-refractivity contribution in [2.45, 2.75) is 31.9 Å². The first-order chi connectivity index (χ1) is 16.6. The number of ketones is 1. The van der Waals surface area contributed by atoms with Gasteiger partial charge in [0.1, 0.15) is 22.6 Å². The van der Waals surface area contributed by atoms with Gasteiger partial charge in [-0.3, -0.25) is 9.59 Å². The van der Waals surface area contributed by atoms with Gasteiger partial charge in [0, 0.05) is 30.5 Å². The number of aliphatic hydroxyl groups excluding tert-OH is 1. The Labute approximate surface area is 207 Å². The van der Waals surface area contributed by atoms with Crippen LogP contribution in [0.25, 0.3) is 0 Å². The van der Waals surface area contributed by atoms with Crippen LogP contribution in [0.4, 0.5) is 18.9 Å². The number of Topliss-reactive ketones (excluding diaryl/α,β-unsaturated/α-hetero) is 1. The van der Waals surface area contributed by atoms with Gasteiger partial charge in [-0.05, 0) is 24.1 Å². The van der Waals surface area contributed by atoms with E-state index in [0.29, 0.717) is 10.7 Å². The van der Waals surface area contributed by atoms with Crippen LogP contribution in [0.2, 0.25) is 5.02 Å². The summed E-state index contributed by atoms with van der Waals surface area (Å²) in [5.41, 5.74) is -0.584. The molecule has 3 aromatic rings. The number of benzene rings is 1. The highest BCUT2D eigenvalue weighted by molar-refractivity contribution is 7.13. The number of amides is 1. The van der Waals surface area contributed by atoms with Crippen molar-refractivity contribution in [3.05, 3.63) is 68.6 Å². The van der Waals surface area contributed by atoms with Gasteiger partial charge in [0.2, 0.25) is 0 Å². The number of hydrogen-bond donors (Lipinski definition) is 2. The van der Waals surface area contributed by atoms with E-state index in [1.165, 1.54) is 24.7 Å². The van der Waals surface area contributed by atoms with Crippen LogP contribution in [0.5, 0.6) is 0 Å². The van der Waals surface area contributed by atoms with Crippen LogP contribution in [0, 0.1) is 11.8 Å². The molecule has 2 heterocycles. The average Bonchev–Trinajstić information content (AvgIpc) is 3.31. The normalized spacial score (nSPS) is 11.9. The van der Waals surface area contributed by atoms with E-state index < -0.39 is 22.7 Å². The Kier molecular flexibility index (Phi) is 8.56. The largest absolute Gasteiger partial charge is 0.417 e. The van der Waals surface area contributed by atoms with Crippen molar-refractivity contribution < 1.29 is 27.9 Å². The Bertz CT molecular complexity index is 1300. The van der Waals surface area contributed by atoms with E-state index in [1.807, 2.05) is 0 Å². The summed E-state index contributed by atoms with van der Waals surface area (Å²) in [6.07, 6.45) is -1.79. The molecule has 12 heteroatoms. The Morgan fingerprint density at radius 2 is 2.00 bits per heavy atom. The van der Waals surface area contributed by atoms with E-state index in [1.54, 1.807) is 6.92 Å². The zero-order valence-electron chi connectivity index (χ0n) is 18.2. The van der Waals surface area contributed by atoms with E-state index in [2.05, 4.69) is 32.1 Å². The molecule has 35 heavy (non-hydrogen) atoms. The molecule has 2 aromatic heterocycles. The number of carbonyl (C=O) groups excluding carboxylic acids is 2. The van der Waals surface area contributed by atoms with Crippen molar-refractivity contribution in [1.82, 2.24) is 15.0 Å². The minimum absolute atomic E-state index is 0.0568. The van der Waals surface area contributed by atoms with Crippen molar-refractivity contribution in [2.24, 2.45) is 0 Å². The van der Waals surface area contributed by atoms with Gasteiger partial charge in [0.15, 0.2) is 5.78 Å². The number of anilines is 1. The minimum Gasteiger partial charge on any atom is -0.395 e. The van der Waals surface area contributed by atoms with Gasteiger partial charge < -0.3 is 10.4 Å². The van der Waals surface area contributed by atoms with Crippen molar-refractivity contribution in [2.75, 3.05) is 11.9 Å². The topological polar surface area (TPSA) is 105 Å². The average molecular weight is 523 g/mol. The molecular formula is C23H18ClF3N4O3S. The van der Waals surface area contributed by atoms with Crippen LogP contribution < -0.4 is 5.32 Å². The number of aliphatic hydroxyl groups is 1. The molecule has 0 aliphatic carbocycles. The second-order valence-electron chi connectivity index (χ2n) is 7.30. The molecule has 0 spiro atoms. The van der Waals surface area contributed by atoms with Crippen LogP contribution in [0.15, 0.2) is 36.8 Å². The van der Waals surface area contributed by atoms with E-state index >= 15 is 0 Å². The van der Waals surface area contributed by atoms with Crippen LogP contribution in [-0.2, 0) is 6.18 Å². The molecule has 0 aliphatic heterocycles. The lowest BCUT2D eigenvalue weighted by Gasteiger charge is -2.11. The number of nitrogens with zero attached hydrogens (tertiary/aromatic N) is 3. The maximum absolute atomic E-state index is 13.0. The van der Waals surface area contributed by atoms with Crippen molar-refractivity contribution >= 4 is 40.3 Å². The van der Waals surface area contributed by atoms with Gasteiger partial charge in [-0.15, -0.1) is 11.3 Å². The first kappa shape index (κ1) is 26.3. The first-order valence-corrected chi connectivity index (χ1v) is 11.4. The highest BCUT2D eigenvalue weighted by Crippen LogP contribution is 2.36. The van der Waals surface area contributed by atoms with Crippen molar-refractivity contribution in [1.29, 1.82) is 0 Å². The van der Waals surface area contributed by atoms with Crippen molar-refractivity contribution in [3.63, 3.8) is 0 Å². The fourth-order valence-electron chi connectivity index (χ4n) is 2.89. The summed E-state index contributed by atoms with van der Waals surface area (Å²) in [5.74, 6) is 4.20. The molecule has 3 rings (SSSR count). The quantitative estimate of drug-likeness (QED) is 0.335. The lowest BCUT2D eigenvalue weighted by atomic mass is 10.0. The third kappa shape index (κ3) is 7.08. The highest BCUT2D eigenvalue weighted by Gasteiger charge is 2.33. The SMILES string of the molecule is CC(CC(=O)c1cc(C#CCCO)ncn1)c1ncc(C(=O)Nc2ccc(Cl)c(C(F)(F)F)c2)s1. The number of halogens is 4. The number of nitrogens with one attached hydrogen (secondary N) is 1. The zero-order valence-corrected chi connectivity index (χ0v) is 19.8. The van der Waals surface area contributed by atoms with E-state index in [-0.39, 0.29) is 47.4 Å². The molecule has 0 saturated heterocycles. The summed E-state index contributed by atoms with van der Waals surface area (Å²) in [4.78, 5) is 37.5. The predicted molar refractivity (Wildman–Crippen MR) is 124 cm³/mol. The summed E-state index contributed by atoms with van der Waals surface area (Å²) in [6.45, 7) is 1.68. The molecule has 0 fully saturated rings. The predicted octanol–water partition coefficient (Wildman–Crippen LogP) is 4.97. The molecule has 1 amide bonds. The molecule has 7 nitrogen and oxygen atoms in total. The Morgan fingerprint density at radius 1 is 1.23 bits per heavy atom. The van der Waals surface area contributed by atoms with Crippen molar-refractivity contribution in [3.8, 4) is 11.8 Å². The summed E-state index contributed by atoms with van der Waals surface area (Å²) in [6, 6.07) is 4.54. The molecule has 1 aromatic carbocycles. The first-order valence-electron chi connectivity index (χ1n) is 10.2. The maximum atomic E-state index is 13.0. The smallest absolute Gasteiger partial charge is 0.395 e. The Hall–Kier alpha value is -3.33. The van der Waals surface area contributed by atoms with Gasteiger partial charge in [-0.1, -0.05) is 24.4 Å². The summed E-state index contributed by atoms with van der Waals surface area (Å²) < 4.78 is 39.1. The molecule has 0 saturated carbocycles. The summed E-state index contributed by atoms with van der Waals surface area (Å²) >= 11 is 6.64. The minimum atomic E-state index is -4.66. The number of hydrogen-bond acceptors (Lipinski definition) is 7. The molecule has 2 N–H and O–H groups in total. The number of alkyl halides is 3. The molecule has 0 radical (unpaired) electrons. The number of aromatic nitrogens is 3. The van der Waals surface area contributed by atoms with Gasteiger partial charge in [-0.2, -0.15) is 13.2 Å². The third-order valence-electron chi connectivity index (χ3n) is 4.60. The second kappa shape index (κ2) is 11.4.